The SMILES string of the molecule is CCCC.CN1CC2(CCN(c3ncccn3)CC2)C1. The van der Waals surface area contributed by atoms with Crippen LogP contribution in [0.3, 0.4) is 0 Å². The third-order valence-corrected chi connectivity index (χ3v) is 4.37. The molecule has 0 unspecified atom stereocenters. The Hall–Kier alpha value is -1.16. The number of likely N-dealkylation sites (tertiary alicyclic amines) is 1. The lowest BCUT2D eigenvalue weighted by atomic mass is 9.72. The van der Waals surface area contributed by atoms with E-state index in [9.17, 15) is 0 Å². The summed E-state index contributed by atoms with van der Waals surface area (Å²) >= 11 is 0. The highest BCUT2D eigenvalue weighted by Gasteiger charge is 2.43. The number of piperidine rings is 1. The minimum atomic E-state index is 0.611. The van der Waals surface area contributed by atoms with Gasteiger partial charge < -0.3 is 9.80 Å². The Morgan fingerprint density at radius 1 is 1.05 bits per heavy atom. The Morgan fingerprint density at radius 3 is 2.05 bits per heavy atom. The number of aromatic nitrogens is 2. The summed E-state index contributed by atoms with van der Waals surface area (Å²) in [5.74, 6) is 0.894. The molecule has 0 aromatic carbocycles. The molecule has 0 radical (unpaired) electrons. The van der Waals surface area contributed by atoms with Gasteiger partial charge in [0.05, 0.1) is 0 Å². The normalized spacial score (nSPS) is 21.1. The minimum Gasteiger partial charge on any atom is -0.341 e. The van der Waals surface area contributed by atoms with E-state index in [0.29, 0.717) is 5.41 Å². The molecule has 4 heteroatoms. The van der Waals surface area contributed by atoms with E-state index >= 15 is 0 Å². The van der Waals surface area contributed by atoms with Gasteiger partial charge in [-0.1, -0.05) is 26.7 Å². The third-order valence-electron chi connectivity index (χ3n) is 4.37. The molecule has 1 aromatic heterocycles. The van der Waals surface area contributed by atoms with E-state index in [4.69, 9.17) is 0 Å². The Morgan fingerprint density at radius 2 is 1.60 bits per heavy atom. The molecule has 2 saturated heterocycles. The summed E-state index contributed by atoms with van der Waals surface area (Å²) in [4.78, 5) is 13.3. The number of unbranched alkanes of at least 4 members (excludes halogenated alkanes) is 1. The zero-order chi connectivity index (χ0) is 14.4. The molecule has 112 valence electrons. The van der Waals surface area contributed by atoms with E-state index in [2.05, 4.69) is 40.7 Å². The van der Waals surface area contributed by atoms with Gasteiger partial charge in [-0.05, 0) is 31.4 Å². The molecule has 2 aliphatic heterocycles. The fraction of sp³-hybridized carbons (Fsp3) is 0.750. The molecule has 3 rings (SSSR count). The second kappa shape index (κ2) is 7.02. The molecule has 1 spiro atoms. The molecule has 4 nitrogen and oxygen atoms in total. The van der Waals surface area contributed by atoms with Gasteiger partial charge in [-0.25, -0.2) is 9.97 Å². The standard InChI is InChI=1S/C12H18N4.C4H10/c1-15-9-12(10-15)3-7-16(8-4-12)11-13-5-2-6-14-11;1-3-4-2/h2,5-6H,3-4,7-10H2,1H3;3-4H2,1-2H3. The summed E-state index contributed by atoms with van der Waals surface area (Å²) in [7, 11) is 2.21. The first-order valence-electron chi connectivity index (χ1n) is 7.89. The highest BCUT2D eigenvalue weighted by molar-refractivity contribution is 5.29. The molecule has 0 aliphatic carbocycles. The van der Waals surface area contributed by atoms with Crippen LogP contribution in [0.5, 0.6) is 0 Å². The lowest BCUT2D eigenvalue weighted by Crippen LogP contribution is -2.58. The molecule has 3 heterocycles. The topological polar surface area (TPSA) is 32.3 Å². The van der Waals surface area contributed by atoms with Crippen LogP contribution < -0.4 is 4.90 Å². The quantitative estimate of drug-likeness (QED) is 0.831. The summed E-state index contributed by atoms with van der Waals surface area (Å²) in [6.07, 6.45) is 8.86. The van der Waals surface area contributed by atoms with Crippen molar-refractivity contribution in [3.63, 3.8) is 0 Å². The van der Waals surface area contributed by atoms with Gasteiger partial charge in [0.25, 0.3) is 0 Å². The van der Waals surface area contributed by atoms with Crippen LogP contribution in [0.1, 0.15) is 39.5 Å². The van der Waals surface area contributed by atoms with Crippen molar-refractivity contribution in [3.8, 4) is 0 Å². The first-order valence-corrected chi connectivity index (χ1v) is 7.89. The molecule has 0 saturated carbocycles. The van der Waals surface area contributed by atoms with Crippen molar-refractivity contribution in [3.05, 3.63) is 18.5 Å². The van der Waals surface area contributed by atoms with Crippen LogP contribution in [0.15, 0.2) is 18.5 Å². The lowest BCUT2D eigenvalue weighted by Gasteiger charge is -2.52. The Balaban J connectivity index is 0.000000328. The molecule has 2 fully saturated rings. The smallest absolute Gasteiger partial charge is 0.225 e. The van der Waals surface area contributed by atoms with Crippen LogP contribution >= 0.6 is 0 Å². The zero-order valence-corrected chi connectivity index (χ0v) is 13.2. The van der Waals surface area contributed by atoms with E-state index < -0.39 is 0 Å². The number of nitrogens with zero attached hydrogens (tertiary/aromatic N) is 4. The zero-order valence-electron chi connectivity index (χ0n) is 13.2. The van der Waals surface area contributed by atoms with Gasteiger partial charge in [0, 0.05) is 38.6 Å². The summed E-state index contributed by atoms with van der Waals surface area (Å²) in [5, 5.41) is 0. The van der Waals surface area contributed by atoms with Gasteiger partial charge in [0.2, 0.25) is 5.95 Å². The van der Waals surface area contributed by atoms with Gasteiger partial charge >= 0.3 is 0 Å². The first-order chi connectivity index (χ1) is 9.69. The van der Waals surface area contributed by atoms with Crippen molar-refractivity contribution in [2.24, 2.45) is 5.41 Å². The molecular weight excluding hydrogens is 248 g/mol. The highest BCUT2D eigenvalue weighted by atomic mass is 15.3. The second-order valence-electron chi connectivity index (χ2n) is 6.21. The van der Waals surface area contributed by atoms with E-state index in [1.807, 2.05) is 18.5 Å². The maximum atomic E-state index is 4.31. The second-order valence-corrected chi connectivity index (χ2v) is 6.21. The maximum absolute atomic E-state index is 4.31. The van der Waals surface area contributed by atoms with E-state index in [1.165, 1.54) is 38.8 Å². The average molecular weight is 276 g/mol. The molecule has 20 heavy (non-hydrogen) atoms. The van der Waals surface area contributed by atoms with E-state index in [0.717, 1.165) is 19.0 Å². The predicted molar refractivity (Wildman–Crippen MR) is 84.0 cm³/mol. The number of anilines is 1. The molecule has 1 aromatic rings. The molecule has 2 aliphatic rings. The van der Waals surface area contributed by atoms with Crippen molar-refractivity contribution >= 4 is 5.95 Å². The summed E-state index contributed by atoms with van der Waals surface area (Å²) in [6, 6.07) is 1.87. The Kier molecular flexibility index (Phi) is 5.35. The van der Waals surface area contributed by atoms with Gasteiger partial charge in [0.1, 0.15) is 0 Å². The lowest BCUT2D eigenvalue weighted by molar-refractivity contribution is 0.00111. The summed E-state index contributed by atoms with van der Waals surface area (Å²) in [5.41, 5.74) is 0.611. The monoisotopic (exact) mass is 276 g/mol. The van der Waals surface area contributed by atoms with Gasteiger partial charge in [0.15, 0.2) is 0 Å². The predicted octanol–water partition coefficient (Wildman–Crippen LogP) is 2.82. The summed E-state index contributed by atoms with van der Waals surface area (Å²) in [6.45, 7) is 9.13. The van der Waals surface area contributed by atoms with Crippen molar-refractivity contribution in [2.45, 2.75) is 39.5 Å². The van der Waals surface area contributed by atoms with Gasteiger partial charge in [-0.15, -0.1) is 0 Å². The number of hydrogen-bond donors (Lipinski definition) is 0. The Bertz CT molecular complexity index is 375. The average Bonchev–Trinajstić information content (AvgIpc) is 2.48. The molecular formula is C16H28N4. The first kappa shape index (κ1) is 15.2. The van der Waals surface area contributed by atoms with Crippen molar-refractivity contribution in [2.75, 3.05) is 38.1 Å². The largest absolute Gasteiger partial charge is 0.341 e. The van der Waals surface area contributed by atoms with Crippen LogP contribution in [-0.2, 0) is 0 Å². The fourth-order valence-corrected chi connectivity index (χ4v) is 3.05. The highest BCUT2D eigenvalue weighted by Crippen LogP contribution is 2.39. The van der Waals surface area contributed by atoms with Crippen molar-refractivity contribution in [1.29, 1.82) is 0 Å². The van der Waals surface area contributed by atoms with Crippen LogP contribution in [0, 0.1) is 5.41 Å². The molecule has 0 N–H and O–H groups in total. The fourth-order valence-electron chi connectivity index (χ4n) is 3.05. The van der Waals surface area contributed by atoms with Gasteiger partial charge in [-0.2, -0.15) is 0 Å². The van der Waals surface area contributed by atoms with E-state index in [1.54, 1.807) is 0 Å². The van der Waals surface area contributed by atoms with Crippen LogP contribution in [0.25, 0.3) is 0 Å². The van der Waals surface area contributed by atoms with Crippen molar-refractivity contribution < 1.29 is 0 Å². The summed E-state index contributed by atoms with van der Waals surface area (Å²) < 4.78 is 0. The van der Waals surface area contributed by atoms with Crippen LogP contribution in [0.4, 0.5) is 5.95 Å². The number of hydrogen-bond acceptors (Lipinski definition) is 4. The minimum absolute atomic E-state index is 0.611. The molecule has 0 amide bonds. The van der Waals surface area contributed by atoms with Gasteiger partial charge in [-0.3, -0.25) is 0 Å². The third kappa shape index (κ3) is 3.69. The van der Waals surface area contributed by atoms with Crippen molar-refractivity contribution in [1.82, 2.24) is 14.9 Å². The molecule has 0 atom stereocenters. The number of rotatable bonds is 2. The Labute approximate surface area is 123 Å². The molecule has 0 bridgehead atoms. The van der Waals surface area contributed by atoms with Crippen LogP contribution in [-0.4, -0.2) is 48.1 Å². The van der Waals surface area contributed by atoms with E-state index in [-0.39, 0.29) is 0 Å². The van der Waals surface area contributed by atoms with Crippen LogP contribution in [0.2, 0.25) is 0 Å². The maximum Gasteiger partial charge on any atom is 0.225 e.